The zero-order valence-corrected chi connectivity index (χ0v) is 11.1. The maximum atomic E-state index is 9.06. The van der Waals surface area contributed by atoms with Gasteiger partial charge in [-0.05, 0) is 36.9 Å². The third kappa shape index (κ3) is 3.36. The first-order valence-electron chi connectivity index (χ1n) is 6.01. The van der Waals surface area contributed by atoms with E-state index in [-0.39, 0.29) is 0 Å². The summed E-state index contributed by atoms with van der Waals surface area (Å²) >= 11 is 0. The second-order valence-electron chi connectivity index (χ2n) is 4.40. The second kappa shape index (κ2) is 6.07. The average Bonchev–Trinajstić information content (AvgIpc) is 2.91. The molecular formula is C15H16N2O2. The van der Waals surface area contributed by atoms with E-state index in [1.165, 1.54) is 0 Å². The van der Waals surface area contributed by atoms with Crippen molar-refractivity contribution in [3.63, 3.8) is 0 Å². The SMILES string of the molecule is COc1ccc(CN(C)Cc2ccco2)cc1C#N. The summed E-state index contributed by atoms with van der Waals surface area (Å²) in [5, 5.41) is 9.06. The molecule has 2 rings (SSSR count). The van der Waals surface area contributed by atoms with Crippen LogP contribution in [0.3, 0.4) is 0 Å². The Morgan fingerprint density at radius 1 is 1.32 bits per heavy atom. The summed E-state index contributed by atoms with van der Waals surface area (Å²) in [7, 11) is 3.58. The summed E-state index contributed by atoms with van der Waals surface area (Å²) in [6.45, 7) is 1.49. The molecule has 1 heterocycles. The number of ether oxygens (including phenoxy) is 1. The van der Waals surface area contributed by atoms with Gasteiger partial charge < -0.3 is 9.15 Å². The standard InChI is InChI=1S/C15H16N2O2/c1-17(11-14-4-3-7-19-14)10-12-5-6-15(18-2)13(8-12)9-16/h3-8H,10-11H2,1-2H3. The van der Waals surface area contributed by atoms with Crippen molar-refractivity contribution in [3.8, 4) is 11.8 Å². The van der Waals surface area contributed by atoms with Crippen molar-refractivity contribution in [1.82, 2.24) is 4.90 Å². The zero-order chi connectivity index (χ0) is 13.7. The maximum Gasteiger partial charge on any atom is 0.136 e. The summed E-state index contributed by atoms with van der Waals surface area (Å²) in [5.41, 5.74) is 1.64. The first-order chi connectivity index (χ1) is 9.22. The average molecular weight is 256 g/mol. The Bertz CT molecular complexity index is 570. The van der Waals surface area contributed by atoms with Gasteiger partial charge in [0.2, 0.25) is 0 Å². The van der Waals surface area contributed by atoms with E-state index >= 15 is 0 Å². The fraction of sp³-hybridized carbons (Fsp3) is 0.267. The Morgan fingerprint density at radius 3 is 2.79 bits per heavy atom. The molecule has 0 saturated heterocycles. The second-order valence-corrected chi connectivity index (χ2v) is 4.40. The number of rotatable bonds is 5. The molecule has 98 valence electrons. The van der Waals surface area contributed by atoms with E-state index in [1.54, 1.807) is 13.4 Å². The molecule has 0 N–H and O–H groups in total. The van der Waals surface area contributed by atoms with Crippen molar-refractivity contribution in [2.75, 3.05) is 14.2 Å². The van der Waals surface area contributed by atoms with Gasteiger partial charge in [-0.2, -0.15) is 5.26 Å². The van der Waals surface area contributed by atoms with Gasteiger partial charge in [0.1, 0.15) is 17.6 Å². The summed E-state index contributed by atoms with van der Waals surface area (Å²) in [6.07, 6.45) is 1.67. The predicted octanol–water partition coefficient (Wildman–Crippen LogP) is 2.79. The topological polar surface area (TPSA) is 49.4 Å². The van der Waals surface area contributed by atoms with Crippen molar-refractivity contribution in [1.29, 1.82) is 5.26 Å². The first-order valence-corrected chi connectivity index (χ1v) is 6.01. The largest absolute Gasteiger partial charge is 0.495 e. The zero-order valence-electron chi connectivity index (χ0n) is 11.1. The molecule has 0 unspecified atom stereocenters. The summed E-state index contributed by atoms with van der Waals surface area (Å²) in [6, 6.07) is 11.6. The van der Waals surface area contributed by atoms with Crippen LogP contribution in [0.4, 0.5) is 0 Å². The van der Waals surface area contributed by atoms with Crippen molar-refractivity contribution in [3.05, 3.63) is 53.5 Å². The molecule has 0 aliphatic rings. The quantitative estimate of drug-likeness (QED) is 0.825. The van der Waals surface area contributed by atoms with Crippen LogP contribution < -0.4 is 4.74 Å². The van der Waals surface area contributed by atoms with Crippen LogP contribution in [0, 0.1) is 11.3 Å². The van der Waals surface area contributed by atoms with Gasteiger partial charge in [-0.1, -0.05) is 6.07 Å². The lowest BCUT2D eigenvalue weighted by Crippen LogP contribution is -2.16. The van der Waals surface area contributed by atoms with E-state index in [9.17, 15) is 0 Å². The van der Waals surface area contributed by atoms with E-state index in [0.717, 1.165) is 24.4 Å². The Kier molecular flexibility index (Phi) is 4.22. The van der Waals surface area contributed by atoms with Gasteiger partial charge in [-0.3, -0.25) is 4.90 Å². The molecule has 19 heavy (non-hydrogen) atoms. The molecule has 0 spiro atoms. The van der Waals surface area contributed by atoms with Crippen LogP contribution in [-0.2, 0) is 13.1 Å². The van der Waals surface area contributed by atoms with Crippen LogP contribution in [0.2, 0.25) is 0 Å². The molecule has 4 heteroatoms. The van der Waals surface area contributed by atoms with Gasteiger partial charge in [0.25, 0.3) is 0 Å². The van der Waals surface area contributed by atoms with Crippen LogP contribution in [0.5, 0.6) is 5.75 Å². The lowest BCUT2D eigenvalue weighted by molar-refractivity contribution is 0.287. The number of nitriles is 1. The van der Waals surface area contributed by atoms with E-state index in [2.05, 4.69) is 11.0 Å². The molecule has 0 aliphatic heterocycles. The van der Waals surface area contributed by atoms with Crippen molar-refractivity contribution in [2.24, 2.45) is 0 Å². The van der Waals surface area contributed by atoms with E-state index in [4.69, 9.17) is 14.4 Å². The highest BCUT2D eigenvalue weighted by Crippen LogP contribution is 2.19. The molecule has 2 aromatic rings. The van der Waals surface area contributed by atoms with Crippen LogP contribution in [0.1, 0.15) is 16.9 Å². The number of hydrogen-bond acceptors (Lipinski definition) is 4. The van der Waals surface area contributed by atoms with Gasteiger partial charge in [0.15, 0.2) is 0 Å². The van der Waals surface area contributed by atoms with E-state index in [1.807, 2.05) is 37.4 Å². The molecule has 0 aliphatic carbocycles. The summed E-state index contributed by atoms with van der Waals surface area (Å²) in [4.78, 5) is 2.13. The molecule has 0 radical (unpaired) electrons. The Labute approximate surface area is 112 Å². The molecule has 1 aromatic carbocycles. The molecule has 1 aromatic heterocycles. The fourth-order valence-electron chi connectivity index (χ4n) is 1.98. The van der Waals surface area contributed by atoms with Gasteiger partial charge >= 0.3 is 0 Å². The number of benzene rings is 1. The number of nitrogens with zero attached hydrogens (tertiary/aromatic N) is 2. The minimum atomic E-state index is 0.561. The van der Waals surface area contributed by atoms with E-state index in [0.29, 0.717) is 11.3 Å². The van der Waals surface area contributed by atoms with Gasteiger partial charge in [-0.15, -0.1) is 0 Å². The molecule has 0 amide bonds. The van der Waals surface area contributed by atoms with E-state index < -0.39 is 0 Å². The van der Waals surface area contributed by atoms with Crippen molar-refractivity contribution >= 4 is 0 Å². The highest BCUT2D eigenvalue weighted by Gasteiger charge is 2.07. The monoisotopic (exact) mass is 256 g/mol. The normalized spacial score (nSPS) is 10.4. The highest BCUT2D eigenvalue weighted by atomic mass is 16.5. The maximum absolute atomic E-state index is 9.06. The van der Waals surface area contributed by atoms with Crippen LogP contribution in [0.25, 0.3) is 0 Å². The molecular weight excluding hydrogens is 240 g/mol. The van der Waals surface area contributed by atoms with Gasteiger partial charge in [0, 0.05) is 6.54 Å². The lowest BCUT2D eigenvalue weighted by atomic mass is 10.1. The fourth-order valence-corrected chi connectivity index (χ4v) is 1.98. The van der Waals surface area contributed by atoms with Crippen LogP contribution >= 0.6 is 0 Å². The summed E-state index contributed by atoms with van der Waals surface area (Å²) in [5.74, 6) is 1.54. The number of hydrogen-bond donors (Lipinski definition) is 0. The summed E-state index contributed by atoms with van der Waals surface area (Å²) < 4.78 is 10.4. The van der Waals surface area contributed by atoms with Crippen LogP contribution in [-0.4, -0.2) is 19.1 Å². The Hall–Kier alpha value is -2.25. The van der Waals surface area contributed by atoms with Gasteiger partial charge in [-0.25, -0.2) is 0 Å². The third-order valence-corrected chi connectivity index (χ3v) is 2.84. The smallest absolute Gasteiger partial charge is 0.136 e. The Balaban J connectivity index is 2.05. The minimum absolute atomic E-state index is 0.561. The lowest BCUT2D eigenvalue weighted by Gasteiger charge is -2.15. The number of methoxy groups -OCH3 is 1. The molecule has 0 atom stereocenters. The minimum Gasteiger partial charge on any atom is -0.495 e. The Morgan fingerprint density at radius 2 is 2.16 bits per heavy atom. The molecule has 4 nitrogen and oxygen atoms in total. The van der Waals surface area contributed by atoms with Gasteiger partial charge in [0.05, 0.1) is 25.5 Å². The van der Waals surface area contributed by atoms with Crippen molar-refractivity contribution < 1.29 is 9.15 Å². The van der Waals surface area contributed by atoms with Crippen LogP contribution in [0.15, 0.2) is 41.0 Å². The third-order valence-electron chi connectivity index (χ3n) is 2.84. The highest BCUT2D eigenvalue weighted by molar-refractivity contribution is 5.45. The first kappa shape index (κ1) is 13.2. The molecule has 0 bridgehead atoms. The molecule has 0 fully saturated rings. The predicted molar refractivity (Wildman–Crippen MR) is 71.6 cm³/mol. The van der Waals surface area contributed by atoms with Crippen molar-refractivity contribution in [2.45, 2.75) is 13.1 Å². The molecule has 0 saturated carbocycles. The number of furan rings is 1.